The highest BCUT2D eigenvalue weighted by Crippen LogP contribution is 2.30. The lowest BCUT2D eigenvalue weighted by atomic mass is 9.80. The minimum atomic E-state index is -0.726. The number of hydrogen-bond donors (Lipinski definition) is 2. The molecule has 0 atom stereocenters. The third kappa shape index (κ3) is 2.55. The van der Waals surface area contributed by atoms with Gasteiger partial charge in [0.2, 0.25) is 5.56 Å². The average molecular weight is 236 g/mol. The fraction of sp³-hybridized carbons (Fsp3) is 0.500. The molecular formula is C12H16N2O3. The first-order valence-corrected chi connectivity index (χ1v) is 5.67. The third-order valence-electron chi connectivity index (χ3n) is 3.21. The Morgan fingerprint density at radius 3 is 2.76 bits per heavy atom. The Bertz CT molecular complexity index is 489. The highest BCUT2D eigenvalue weighted by Gasteiger charge is 2.34. The summed E-state index contributed by atoms with van der Waals surface area (Å²) < 4.78 is 1.35. The molecule has 0 aromatic carbocycles. The summed E-state index contributed by atoms with van der Waals surface area (Å²) >= 11 is 0. The van der Waals surface area contributed by atoms with Crippen molar-refractivity contribution in [3.63, 3.8) is 0 Å². The van der Waals surface area contributed by atoms with Crippen LogP contribution >= 0.6 is 0 Å². The van der Waals surface area contributed by atoms with Gasteiger partial charge >= 0.3 is 0 Å². The van der Waals surface area contributed by atoms with Gasteiger partial charge in [-0.1, -0.05) is 0 Å². The first kappa shape index (κ1) is 11.9. The van der Waals surface area contributed by atoms with Crippen LogP contribution in [-0.2, 0) is 7.05 Å². The molecule has 5 heteroatoms. The van der Waals surface area contributed by atoms with Crippen molar-refractivity contribution in [3.05, 3.63) is 34.2 Å². The Hall–Kier alpha value is -1.62. The van der Waals surface area contributed by atoms with Crippen LogP contribution in [0.15, 0.2) is 23.1 Å². The molecule has 1 aromatic heterocycles. The van der Waals surface area contributed by atoms with Crippen LogP contribution < -0.4 is 10.9 Å². The molecule has 1 aliphatic rings. The van der Waals surface area contributed by atoms with Crippen LogP contribution in [-0.4, -0.2) is 27.7 Å². The first-order chi connectivity index (χ1) is 8.00. The quantitative estimate of drug-likeness (QED) is 0.777. The average Bonchev–Trinajstić information content (AvgIpc) is 2.27. The summed E-state index contributed by atoms with van der Waals surface area (Å²) in [6.45, 7) is 0.272. The minimum Gasteiger partial charge on any atom is -0.388 e. The van der Waals surface area contributed by atoms with Gasteiger partial charge in [0.25, 0.3) is 5.91 Å². The second kappa shape index (κ2) is 4.33. The van der Waals surface area contributed by atoms with E-state index in [4.69, 9.17) is 0 Å². The predicted octanol–water partition coefficient (Wildman–Crippen LogP) is 0.0301. The van der Waals surface area contributed by atoms with Gasteiger partial charge in [-0.25, -0.2) is 0 Å². The molecule has 5 nitrogen and oxygen atoms in total. The molecule has 0 spiro atoms. The van der Waals surface area contributed by atoms with E-state index in [1.165, 1.54) is 22.9 Å². The van der Waals surface area contributed by atoms with Crippen molar-refractivity contribution < 1.29 is 9.90 Å². The summed E-state index contributed by atoms with van der Waals surface area (Å²) in [4.78, 5) is 22.9. The van der Waals surface area contributed by atoms with Gasteiger partial charge in [0.15, 0.2) is 0 Å². The summed E-state index contributed by atoms with van der Waals surface area (Å²) in [5, 5.41) is 12.5. The van der Waals surface area contributed by atoms with Crippen LogP contribution in [0.1, 0.15) is 29.6 Å². The molecule has 1 aromatic rings. The lowest BCUT2D eigenvalue weighted by molar-refractivity contribution is -0.0300. The zero-order chi connectivity index (χ0) is 12.5. The van der Waals surface area contributed by atoms with Crippen molar-refractivity contribution in [3.8, 4) is 0 Å². The van der Waals surface area contributed by atoms with Crippen molar-refractivity contribution in [1.29, 1.82) is 0 Å². The van der Waals surface area contributed by atoms with Crippen molar-refractivity contribution in [2.75, 3.05) is 6.54 Å². The van der Waals surface area contributed by atoms with Gasteiger partial charge < -0.3 is 15.0 Å². The number of nitrogens with one attached hydrogen (secondary N) is 1. The third-order valence-corrected chi connectivity index (χ3v) is 3.21. The number of pyridine rings is 1. The van der Waals surface area contributed by atoms with Gasteiger partial charge in [0.1, 0.15) is 0 Å². The number of rotatable bonds is 3. The largest absolute Gasteiger partial charge is 0.388 e. The summed E-state index contributed by atoms with van der Waals surface area (Å²) in [6.07, 6.45) is 3.97. The first-order valence-electron chi connectivity index (χ1n) is 5.67. The number of amides is 1. The van der Waals surface area contributed by atoms with E-state index in [2.05, 4.69) is 5.32 Å². The maximum atomic E-state index is 11.8. The lowest BCUT2D eigenvalue weighted by Crippen LogP contribution is -2.47. The summed E-state index contributed by atoms with van der Waals surface area (Å²) in [7, 11) is 1.60. The Balaban J connectivity index is 1.99. The summed E-state index contributed by atoms with van der Waals surface area (Å²) in [6, 6.07) is 2.84. The number of carbonyl (C=O) groups is 1. The van der Waals surface area contributed by atoms with E-state index in [0.717, 1.165) is 19.3 Å². The van der Waals surface area contributed by atoms with E-state index in [1.807, 2.05) is 0 Å². The minimum absolute atomic E-state index is 0.154. The highest BCUT2D eigenvalue weighted by atomic mass is 16.3. The van der Waals surface area contributed by atoms with E-state index in [0.29, 0.717) is 5.56 Å². The van der Waals surface area contributed by atoms with Gasteiger partial charge in [0, 0.05) is 25.9 Å². The maximum Gasteiger partial charge on any atom is 0.252 e. The number of aliphatic hydroxyl groups is 1. The van der Waals surface area contributed by atoms with Gasteiger partial charge in [-0.15, -0.1) is 0 Å². The molecule has 0 bridgehead atoms. The zero-order valence-electron chi connectivity index (χ0n) is 9.77. The van der Waals surface area contributed by atoms with Crippen molar-refractivity contribution in [2.45, 2.75) is 24.9 Å². The van der Waals surface area contributed by atoms with Crippen LogP contribution in [0.25, 0.3) is 0 Å². The van der Waals surface area contributed by atoms with Gasteiger partial charge in [0.05, 0.1) is 11.2 Å². The number of hydrogen-bond acceptors (Lipinski definition) is 3. The maximum absolute atomic E-state index is 11.8. The Labute approximate surface area is 99.1 Å². The monoisotopic (exact) mass is 236 g/mol. The molecule has 92 valence electrons. The second-order valence-electron chi connectivity index (χ2n) is 4.63. The van der Waals surface area contributed by atoms with Crippen LogP contribution in [0, 0.1) is 0 Å². The molecule has 1 aliphatic carbocycles. The molecule has 1 saturated carbocycles. The SMILES string of the molecule is Cn1cc(C(=O)NCC2(O)CCC2)ccc1=O. The molecule has 0 radical (unpaired) electrons. The van der Waals surface area contributed by atoms with Crippen molar-refractivity contribution in [1.82, 2.24) is 9.88 Å². The summed E-state index contributed by atoms with van der Waals surface area (Å²) in [5.41, 5.74) is -0.453. The summed E-state index contributed by atoms with van der Waals surface area (Å²) in [5.74, 6) is -0.263. The fourth-order valence-electron chi connectivity index (χ4n) is 1.84. The van der Waals surface area contributed by atoms with Crippen molar-refractivity contribution >= 4 is 5.91 Å². The number of aryl methyl sites for hydroxylation is 1. The van der Waals surface area contributed by atoms with Crippen LogP contribution in [0.5, 0.6) is 0 Å². The normalized spacial score (nSPS) is 17.3. The molecule has 1 heterocycles. The molecule has 1 amide bonds. The van der Waals surface area contributed by atoms with Crippen LogP contribution in [0.4, 0.5) is 0 Å². The number of carbonyl (C=O) groups excluding carboxylic acids is 1. The second-order valence-corrected chi connectivity index (χ2v) is 4.63. The van der Waals surface area contributed by atoms with Crippen LogP contribution in [0.2, 0.25) is 0 Å². The standard InChI is InChI=1S/C12H16N2O3/c1-14-7-9(3-4-10(14)15)11(16)13-8-12(17)5-2-6-12/h3-4,7,17H,2,5-6,8H2,1H3,(H,13,16). The Kier molecular flexibility index (Phi) is 3.02. The topological polar surface area (TPSA) is 71.3 Å². The lowest BCUT2D eigenvalue weighted by Gasteiger charge is -2.36. The van der Waals surface area contributed by atoms with Gasteiger partial charge in [-0.3, -0.25) is 9.59 Å². The molecule has 0 aliphatic heterocycles. The predicted molar refractivity (Wildman–Crippen MR) is 62.8 cm³/mol. The van der Waals surface area contributed by atoms with E-state index in [9.17, 15) is 14.7 Å². The molecule has 1 fully saturated rings. The molecule has 2 N–H and O–H groups in total. The fourth-order valence-corrected chi connectivity index (χ4v) is 1.84. The van der Waals surface area contributed by atoms with Gasteiger partial charge in [-0.2, -0.15) is 0 Å². The van der Waals surface area contributed by atoms with E-state index in [-0.39, 0.29) is 18.0 Å². The number of nitrogens with zero attached hydrogens (tertiary/aromatic N) is 1. The van der Waals surface area contributed by atoms with E-state index < -0.39 is 5.60 Å². The van der Waals surface area contributed by atoms with Crippen molar-refractivity contribution in [2.24, 2.45) is 7.05 Å². The molecule has 0 unspecified atom stereocenters. The number of aromatic nitrogens is 1. The zero-order valence-corrected chi connectivity index (χ0v) is 9.77. The molecular weight excluding hydrogens is 220 g/mol. The smallest absolute Gasteiger partial charge is 0.252 e. The molecule has 17 heavy (non-hydrogen) atoms. The Morgan fingerprint density at radius 1 is 1.53 bits per heavy atom. The molecule has 2 rings (SSSR count). The van der Waals surface area contributed by atoms with E-state index >= 15 is 0 Å². The van der Waals surface area contributed by atoms with Gasteiger partial charge in [-0.05, 0) is 25.3 Å². The Morgan fingerprint density at radius 2 is 2.24 bits per heavy atom. The molecule has 0 saturated heterocycles. The van der Waals surface area contributed by atoms with E-state index in [1.54, 1.807) is 7.05 Å². The van der Waals surface area contributed by atoms with Crippen LogP contribution in [0.3, 0.4) is 0 Å². The highest BCUT2D eigenvalue weighted by molar-refractivity contribution is 5.93.